The Kier molecular flexibility index (Phi) is 3.52. The van der Waals surface area contributed by atoms with Crippen LogP contribution in [-0.4, -0.2) is 24.7 Å². The first kappa shape index (κ1) is 16.6. The molecule has 2 N–H and O–H groups in total. The van der Waals surface area contributed by atoms with Gasteiger partial charge >= 0.3 is 0 Å². The first-order valence-corrected chi connectivity index (χ1v) is 9.62. The average molecular weight is 388 g/mol. The Bertz CT molecular complexity index is 1500. The van der Waals surface area contributed by atoms with Crippen molar-refractivity contribution in [3.05, 3.63) is 85.2 Å². The second kappa shape index (κ2) is 6.35. The third-order valence-electron chi connectivity index (χ3n) is 5.31. The van der Waals surface area contributed by atoms with E-state index in [-0.39, 0.29) is 0 Å². The van der Waals surface area contributed by atoms with E-state index in [1.165, 1.54) is 6.33 Å². The van der Waals surface area contributed by atoms with Crippen LogP contribution in [0.25, 0.3) is 50.1 Å². The number of aromatic nitrogens is 5. The maximum atomic E-state index is 6.22. The summed E-state index contributed by atoms with van der Waals surface area (Å²) in [6.45, 7) is 0. The van der Waals surface area contributed by atoms with Crippen LogP contribution in [0.15, 0.2) is 85.2 Å². The first-order valence-electron chi connectivity index (χ1n) is 9.62. The summed E-state index contributed by atoms with van der Waals surface area (Å²) in [5.41, 5.74) is 12.5. The van der Waals surface area contributed by atoms with Gasteiger partial charge in [-0.3, -0.25) is 0 Å². The lowest BCUT2D eigenvalue weighted by Crippen LogP contribution is -2.02. The van der Waals surface area contributed by atoms with Gasteiger partial charge in [0.15, 0.2) is 5.65 Å². The largest absolute Gasteiger partial charge is 0.383 e. The van der Waals surface area contributed by atoms with Crippen molar-refractivity contribution in [2.24, 2.45) is 0 Å². The summed E-state index contributed by atoms with van der Waals surface area (Å²) in [6.07, 6.45) is 7.42. The van der Waals surface area contributed by atoms with Gasteiger partial charge in [0.05, 0.1) is 22.3 Å². The molecule has 6 rings (SSSR count). The Morgan fingerprint density at radius 1 is 0.867 bits per heavy atom. The molecule has 0 spiro atoms. The number of pyridine rings is 1. The van der Waals surface area contributed by atoms with Crippen molar-refractivity contribution in [2.75, 3.05) is 5.73 Å². The van der Waals surface area contributed by atoms with Crippen LogP contribution in [0.4, 0.5) is 5.82 Å². The molecule has 6 heteroatoms. The predicted octanol–water partition coefficient (Wildman–Crippen LogP) is 4.70. The Morgan fingerprint density at radius 3 is 2.50 bits per heavy atom. The zero-order valence-electron chi connectivity index (χ0n) is 15.9. The summed E-state index contributed by atoms with van der Waals surface area (Å²) in [5.74, 6) is 0.413. The molecule has 0 fully saturated rings. The van der Waals surface area contributed by atoms with E-state index in [2.05, 4.69) is 34.2 Å². The van der Waals surface area contributed by atoms with Gasteiger partial charge in [-0.25, -0.2) is 19.6 Å². The van der Waals surface area contributed by atoms with Crippen LogP contribution in [0.2, 0.25) is 0 Å². The summed E-state index contributed by atoms with van der Waals surface area (Å²) >= 11 is 0. The second-order valence-electron chi connectivity index (χ2n) is 7.14. The molecular formula is C24H16N6. The van der Waals surface area contributed by atoms with Crippen molar-refractivity contribution in [1.29, 1.82) is 0 Å². The third-order valence-corrected chi connectivity index (χ3v) is 5.31. The zero-order valence-corrected chi connectivity index (χ0v) is 15.9. The summed E-state index contributed by atoms with van der Waals surface area (Å²) in [4.78, 5) is 13.5. The number of hydrogen-bond acceptors (Lipinski definition) is 5. The minimum Gasteiger partial charge on any atom is -0.383 e. The quantitative estimate of drug-likeness (QED) is 0.484. The molecule has 3 aromatic heterocycles. The van der Waals surface area contributed by atoms with E-state index < -0.39 is 0 Å². The van der Waals surface area contributed by atoms with E-state index in [1.54, 1.807) is 4.68 Å². The fraction of sp³-hybridized carbons (Fsp3) is 0. The Balaban J connectivity index is 1.55. The molecule has 142 valence electrons. The fourth-order valence-corrected chi connectivity index (χ4v) is 3.71. The molecule has 1 aliphatic rings. The van der Waals surface area contributed by atoms with Crippen LogP contribution in [0, 0.1) is 0 Å². The Hall–Kier alpha value is -4.32. The van der Waals surface area contributed by atoms with Gasteiger partial charge in [-0.15, -0.1) is 0 Å². The van der Waals surface area contributed by atoms with E-state index in [0.717, 1.165) is 44.5 Å². The molecule has 0 aliphatic heterocycles. The minimum absolute atomic E-state index is 0.413. The molecule has 6 nitrogen and oxygen atoms in total. The minimum atomic E-state index is 0.413. The summed E-state index contributed by atoms with van der Waals surface area (Å²) in [6, 6.07) is 20.4. The van der Waals surface area contributed by atoms with Crippen LogP contribution < -0.4 is 5.73 Å². The van der Waals surface area contributed by atoms with Gasteiger partial charge in [0, 0.05) is 16.5 Å². The molecule has 0 amide bonds. The van der Waals surface area contributed by atoms with E-state index in [0.29, 0.717) is 11.5 Å². The van der Waals surface area contributed by atoms with Crippen molar-refractivity contribution in [3.63, 3.8) is 0 Å². The fourth-order valence-electron chi connectivity index (χ4n) is 3.71. The predicted molar refractivity (Wildman–Crippen MR) is 119 cm³/mol. The van der Waals surface area contributed by atoms with Crippen molar-refractivity contribution >= 4 is 33.5 Å². The van der Waals surface area contributed by atoms with Crippen molar-refractivity contribution in [2.45, 2.75) is 0 Å². The molecule has 0 saturated heterocycles. The summed E-state index contributed by atoms with van der Waals surface area (Å²) in [7, 11) is 0. The molecule has 1 aliphatic carbocycles. The first-order chi connectivity index (χ1) is 14.8. The van der Waals surface area contributed by atoms with E-state index in [4.69, 9.17) is 15.8 Å². The standard InChI is InChI=1S/C24H16N6/c25-23-21-22(29-30(18-7-4-8-18)24(21)27-14-26-23)17-10-9-16-11-12-19(28-20(16)13-17)15-5-2-1-3-6-15/h1-14H,(H2,25,26,27). The number of nitrogen functional groups attached to an aromatic ring is 1. The van der Waals surface area contributed by atoms with Gasteiger partial charge in [0.2, 0.25) is 0 Å². The van der Waals surface area contributed by atoms with Crippen LogP contribution >= 0.6 is 0 Å². The topological polar surface area (TPSA) is 82.5 Å². The average Bonchev–Trinajstić information content (AvgIpc) is 3.13. The number of fused-ring (bicyclic) bond motifs is 2. The lowest BCUT2D eigenvalue weighted by atomic mass is 10.1. The van der Waals surface area contributed by atoms with Crippen LogP contribution in [0.1, 0.15) is 0 Å². The highest BCUT2D eigenvalue weighted by atomic mass is 15.3. The van der Waals surface area contributed by atoms with Crippen LogP contribution in [0.5, 0.6) is 0 Å². The third kappa shape index (κ3) is 2.51. The van der Waals surface area contributed by atoms with Crippen molar-refractivity contribution < 1.29 is 0 Å². The molecule has 2 aromatic carbocycles. The van der Waals surface area contributed by atoms with Crippen LogP contribution in [-0.2, 0) is 0 Å². The number of allylic oxidation sites excluding steroid dienone is 4. The van der Waals surface area contributed by atoms with Gasteiger partial charge in [-0.05, 0) is 24.3 Å². The highest BCUT2D eigenvalue weighted by Crippen LogP contribution is 2.34. The lowest BCUT2D eigenvalue weighted by molar-refractivity contribution is 0.923. The van der Waals surface area contributed by atoms with Crippen molar-refractivity contribution in [1.82, 2.24) is 24.7 Å². The van der Waals surface area contributed by atoms with Gasteiger partial charge < -0.3 is 5.73 Å². The van der Waals surface area contributed by atoms with Gasteiger partial charge in [-0.1, -0.05) is 54.6 Å². The zero-order chi connectivity index (χ0) is 20.1. The summed E-state index contributed by atoms with van der Waals surface area (Å²) < 4.78 is 1.81. The molecule has 30 heavy (non-hydrogen) atoms. The highest BCUT2D eigenvalue weighted by molar-refractivity contribution is 6.01. The highest BCUT2D eigenvalue weighted by Gasteiger charge is 2.19. The molecular weight excluding hydrogens is 372 g/mol. The number of nitrogens with zero attached hydrogens (tertiary/aromatic N) is 5. The molecule has 0 unspecified atom stereocenters. The maximum Gasteiger partial charge on any atom is 0.169 e. The number of hydrogen-bond donors (Lipinski definition) is 1. The second-order valence-corrected chi connectivity index (χ2v) is 7.14. The van der Waals surface area contributed by atoms with Gasteiger partial charge in [0.25, 0.3) is 0 Å². The smallest absolute Gasteiger partial charge is 0.169 e. The number of rotatable bonds is 3. The maximum absolute atomic E-state index is 6.22. The molecule has 0 radical (unpaired) electrons. The number of benzene rings is 2. The molecule has 5 aromatic rings. The lowest BCUT2D eigenvalue weighted by Gasteiger charge is -2.07. The number of nitrogens with two attached hydrogens (primary N) is 1. The summed E-state index contributed by atoms with van der Waals surface area (Å²) in [5, 5.41) is 6.63. The monoisotopic (exact) mass is 388 g/mol. The molecule has 0 saturated carbocycles. The van der Waals surface area contributed by atoms with E-state index in [9.17, 15) is 0 Å². The van der Waals surface area contributed by atoms with E-state index >= 15 is 0 Å². The SMILES string of the molecule is Nc1ncnc2c1c(-c1ccc3ccc(-c4ccccc4)nc3c1)nn2C1=CC=C1. The Morgan fingerprint density at radius 2 is 1.70 bits per heavy atom. The molecule has 0 bridgehead atoms. The normalized spacial score (nSPS) is 12.9. The number of anilines is 1. The van der Waals surface area contributed by atoms with Crippen LogP contribution in [0.3, 0.4) is 0 Å². The van der Waals surface area contributed by atoms with Crippen molar-refractivity contribution in [3.8, 4) is 22.5 Å². The molecule has 3 heterocycles. The van der Waals surface area contributed by atoms with Gasteiger partial charge in [0.1, 0.15) is 17.8 Å². The van der Waals surface area contributed by atoms with E-state index in [1.807, 2.05) is 54.6 Å². The Labute approximate surface area is 172 Å². The van der Waals surface area contributed by atoms with Gasteiger partial charge in [-0.2, -0.15) is 5.10 Å². The molecule has 0 atom stereocenters.